The van der Waals surface area contributed by atoms with Gasteiger partial charge in [0.1, 0.15) is 0 Å². The van der Waals surface area contributed by atoms with Crippen LogP contribution < -0.4 is 0 Å². The minimum absolute atomic E-state index is 0.0247. The molecule has 4 heterocycles. The van der Waals surface area contributed by atoms with Gasteiger partial charge in [-0.2, -0.15) is 0 Å². The van der Waals surface area contributed by atoms with Crippen LogP contribution in [0.4, 0.5) is 0 Å². The molecule has 0 aliphatic rings. The quantitative estimate of drug-likeness (QED) is 0.137. The third-order valence-corrected chi connectivity index (χ3v) is 20.6. The second-order valence-electron chi connectivity index (χ2n) is 31.7. The molecule has 0 atom stereocenters. The Balaban J connectivity index is 1.05. The molecule has 0 aliphatic heterocycles. The van der Waals surface area contributed by atoms with E-state index in [1.54, 1.807) is 0 Å². The molecule has 0 bridgehead atoms. The summed E-state index contributed by atoms with van der Waals surface area (Å²) in [7, 11) is 0. The Morgan fingerprint density at radius 1 is 0.240 bits per heavy atom. The third kappa shape index (κ3) is 11.6. The van der Waals surface area contributed by atoms with Gasteiger partial charge in [-0.3, -0.25) is 0 Å². The first-order chi connectivity index (χ1) is 47.8. The van der Waals surface area contributed by atoms with Gasteiger partial charge in [0.15, 0.2) is 17.5 Å². The third-order valence-electron chi connectivity index (χ3n) is 20.6. The van der Waals surface area contributed by atoms with E-state index in [9.17, 15) is 0 Å². The molecular formula is C94H88N6. The maximum atomic E-state index is 6.28. The summed E-state index contributed by atoms with van der Waals surface area (Å²) in [5.41, 5.74) is 29.2. The number of nitrogens with zero attached hydrogens (tertiary/aromatic N) is 6. The highest BCUT2D eigenvalue weighted by Crippen LogP contribution is 2.53. The lowest BCUT2D eigenvalue weighted by atomic mass is 9.79. The van der Waals surface area contributed by atoms with E-state index < -0.39 is 0 Å². The highest BCUT2D eigenvalue weighted by Gasteiger charge is 2.32. The lowest BCUT2D eigenvalue weighted by molar-refractivity contribution is 0.590. The number of pyridine rings is 1. The fraction of sp³-hybridized carbons (Fsp3) is 0.213. The standard InChI is InChI=1S/C94H88N6/c1-57-27-25-28-58(2)81(57)85-84(71-35-23-24-36-72(71)90-97-88(63-31-19-17-20-32-63)96-89(98-90)64-33-21-18-22-34-64)83(61-37-45-69(46-38-61)99-77-49-41-65(91(5,6)7)53-73(77)74-54-66(92(8,9)10)42-50-78(74)99)87(82-59(3)29-26-30-60(82)4)95-86(85)62-39-47-70(48-40-62)100-79-51-43-67(93(11,12)13)55-75(79)76-56-68(94(14,15)16)44-52-80(76)100/h17-56H,1-16H3. The van der Waals surface area contributed by atoms with E-state index in [0.717, 1.165) is 106 Å². The summed E-state index contributed by atoms with van der Waals surface area (Å²) < 4.78 is 4.92. The predicted octanol–water partition coefficient (Wildman–Crippen LogP) is 25.2. The first-order valence-corrected chi connectivity index (χ1v) is 35.4. The van der Waals surface area contributed by atoms with Crippen molar-refractivity contribution in [3.05, 3.63) is 287 Å². The summed E-state index contributed by atoms with van der Waals surface area (Å²) in [5, 5.41) is 5.02. The van der Waals surface area contributed by atoms with Crippen molar-refractivity contribution in [2.24, 2.45) is 0 Å². The van der Waals surface area contributed by atoms with Crippen molar-refractivity contribution in [3.8, 4) is 101 Å². The van der Waals surface area contributed by atoms with Crippen molar-refractivity contribution in [2.75, 3.05) is 0 Å². The van der Waals surface area contributed by atoms with E-state index in [1.165, 1.54) is 65.9 Å². The van der Waals surface area contributed by atoms with Crippen LogP contribution in [0.15, 0.2) is 243 Å². The van der Waals surface area contributed by atoms with E-state index in [-0.39, 0.29) is 21.7 Å². The van der Waals surface area contributed by atoms with E-state index in [1.807, 2.05) is 36.4 Å². The molecule has 0 aliphatic carbocycles. The first-order valence-electron chi connectivity index (χ1n) is 35.4. The highest BCUT2D eigenvalue weighted by molar-refractivity contribution is 6.12. The number of hydrogen-bond donors (Lipinski definition) is 0. The molecule has 11 aromatic carbocycles. The van der Waals surface area contributed by atoms with Crippen LogP contribution in [0.25, 0.3) is 145 Å². The zero-order chi connectivity index (χ0) is 69.9. The minimum atomic E-state index is -0.0303. The molecule has 15 aromatic rings. The number of rotatable bonds is 10. The van der Waals surface area contributed by atoms with Gasteiger partial charge < -0.3 is 9.13 Å². The van der Waals surface area contributed by atoms with Gasteiger partial charge in [-0.25, -0.2) is 19.9 Å². The summed E-state index contributed by atoms with van der Waals surface area (Å²) in [6.45, 7) is 36.6. The molecule has 15 rings (SSSR count). The monoisotopic (exact) mass is 1300 g/mol. The summed E-state index contributed by atoms with van der Waals surface area (Å²) >= 11 is 0. The average molecular weight is 1300 g/mol. The lowest BCUT2D eigenvalue weighted by Gasteiger charge is -2.27. The summed E-state index contributed by atoms with van der Waals surface area (Å²) in [4.78, 5) is 22.5. The van der Waals surface area contributed by atoms with Gasteiger partial charge in [0.05, 0.1) is 33.5 Å². The average Bonchev–Trinajstić information content (AvgIpc) is 1.25. The van der Waals surface area contributed by atoms with Crippen molar-refractivity contribution < 1.29 is 0 Å². The van der Waals surface area contributed by atoms with Gasteiger partial charge >= 0.3 is 0 Å². The highest BCUT2D eigenvalue weighted by atomic mass is 15.0. The van der Waals surface area contributed by atoms with Crippen LogP contribution in [-0.4, -0.2) is 29.1 Å². The fourth-order valence-electron chi connectivity index (χ4n) is 15.0. The predicted molar refractivity (Wildman–Crippen MR) is 424 cm³/mol. The van der Waals surface area contributed by atoms with Crippen LogP contribution in [0.3, 0.4) is 0 Å². The summed E-state index contributed by atoms with van der Waals surface area (Å²) in [6.07, 6.45) is 0. The van der Waals surface area contributed by atoms with Gasteiger partial charge in [-0.15, -0.1) is 0 Å². The largest absolute Gasteiger partial charge is 0.309 e. The van der Waals surface area contributed by atoms with Crippen LogP contribution >= 0.6 is 0 Å². The van der Waals surface area contributed by atoms with Gasteiger partial charge in [-0.1, -0.05) is 253 Å². The maximum Gasteiger partial charge on any atom is 0.164 e. The zero-order valence-corrected chi connectivity index (χ0v) is 60.8. The normalized spacial score (nSPS) is 12.4. The zero-order valence-electron chi connectivity index (χ0n) is 60.8. The van der Waals surface area contributed by atoms with Crippen LogP contribution in [0.5, 0.6) is 0 Å². The smallest absolute Gasteiger partial charge is 0.164 e. The Bertz CT molecular complexity index is 5460. The van der Waals surface area contributed by atoms with Gasteiger partial charge in [0.25, 0.3) is 0 Å². The molecular weight excluding hydrogens is 1210 g/mol. The van der Waals surface area contributed by atoms with Crippen molar-refractivity contribution >= 4 is 43.6 Å². The van der Waals surface area contributed by atoms with E-state index >= 15 is 0 Å². The molecule has 0 fully saturated rings. The van der Waals surface area contributed by atoms with Gasteiger partial charge in [0, 0.05) is 77.4 Å². The molecule has 0 N–H and O–H groups in total. The molecule has 494 valence electrons. The molecule has 6 heteroatoms. The topological polar surface area (TPSA) is 61.4 Å². The molecule has 100 heavy (non-hydrogen) atoms. The van der Waals surface area contributed by atoms with Crippen LogP contribution in [0.2, 0.25) is 0 Å². The Labute approximate surface area is 590 Å². The van der Waals surface area contributed by atoms with E-state index in [4.69, 9.17) is 19.9 Å². The number of benzene rings is 11. The second kappa shape index (κ2) is 24.6. The van der Waals surface area contributed by atoms with Crippen LogP contribution in [0.1, 0.15) is 128 Å². The van der Waals surface area contributed by atoms with Crippen molar-refractivity contribution in [2.45, 2.75) is 132 Å². The Morgan fingerprint density at radius 3 is 0.960 bits per heavy atom. The number of hydrogen-bond acceptors (Lipinski definition) is 4. The second-order valence-corrected chi connectivity index (χ2v) is 31.7. The SMILES string of the molecule is Cc1cccc(C)c1-c1nc(-c2ccc(-n3c4ccc(C(C)(C)C)cc4c4cc(C(C)(C)C)ccc43)cc2)c(-c2c(C)cccc2C)c(-c2ccccc2-c2nc(-c3ccccc3)nc(-c3ccccc3)n2)c1-c1ccc(-n2c3ccc(C(C)(C)C)cc3c3cc(C(C)(C)C)ccc32)cc1. The molecule has 0 spiro atoms. The lowest BCUT2D eigenvalue weighted by Crippen LogP contribution is -2.10. The Kier molecular flexibility index (Phi) is 16.0. The molecule has 0 unspecified atom stereocenters. The number of aryl methyl sites for hydroxylation is 4. The number of fused-ring (bicyclic) bond motifs is 6. The minimum Gasteiger partial charge on any atom is -0.309 e. The molecule has 0 amide bonds. The van der Waals surface area contributed by atoms with Crippen molar-refractivity contribution in [1.82, 2.24) is 29.1 Å². The fourth-order valence-corrected chi connectivity index (χ4v) is 15.0. The maximum absolute atomic E-state index is 6.28. The Morgan fingerprint density at radius 2 is 0.580 bits per heavy atom. The molecule has 0 saturated heterocycles. The summed E-state index contributed by atoms with van der Waals surface area (Å²) in [6, 6.07) is 89.6. The van der Waals surface area contributed by atoms with Gasteiger partial charge in [-0.05, 0) is 183 Å². The van der Waals surface area contributed by atoms with Crippen LogP contribution in [0, 0.1) is 27.7 Å². The first kappa shape index (κ1) is 65.1. The van der Waals surface area contributed by atoms with E-state index in [2.05, 4.69) is 326 Å². The summed E-state index contributed by atoms with van der Waals surface area (Å²) in [5.74, 6) is 1.76. The molecule has 0 saturated carbocycles. The Hall–Kier alpha value is -10.8. The van der Waals surface area contributed by atoms with Gasteiger partial charge in [0.2, 0.25) is 0 Å². The van der Waals surface area contributed by atoms with Crippen LogP contribution in [-0.2, 0) is 21.7 Å². The number of aromatic nitrogens is 6. The molecule has 6 nitrogen and oxygen atoms in total. The molecule has 0 radical (unpaired) electrons. The van der Waals surface area contributed by atoms with Crippen molar-refractivity contribution in [3.63, 3.8) is 0 Å². The van der Waals surface area contributed by atoms with Crippen molar-refractivity contribution in [1.29, 1.82) is 0 Å². The van der Waals surface area contributed by atoms with E-state index in [0.29, 0.717) is 17.5 Å². The molecule has 4 aromatic heterocycles.